The molecule has 0 bridgehead atoms. The number of aryl methyl sites for hydroxylation is 1. The molecular weight excluding hydrogens is 394 g/mol. The van der Waals surface area contributed by atoms with Crippen molar-refractivity contribution in [1.29, 1.82) is 0 Å². The first-order chi connectivity index (χ1) is 14.9. The topological polar surface area (TPSA) is 69.5 Å². The Morgan fingerprint density at radius 1 is 0.871 bits per heavy atom. The van der Waals surface area contributed by atoms with Gasteiger partial charge >= 0.3 is 0 Å². The SMILES string of the molecule is COC1=N[C@@H](C)Cc2cc(OC)c(-c3c(C)ccc4ccc(OC)c(O)c34)c(OC)c21. The fourth-order valence-corrected chi connectivity index (χ4v) is 4.44. The summed E-state index contributed by atoms with van der Waals surface area (Å²) in [4.78, 5) is 4.67. The van der Waals surface area contributed by atoms with Crippen molar-refractivity contribution in [2.75, 3.05) is 28.4 Å². The molecule has 1 N–H and O–H groups in total. The first kappa shape index (κ1) is 20.8. The van der Waals surface area contributed by atoms with Gasteiger partial charge in [-0.1, -0.05) is 18.2 Å². The van der Waals surface area contributed by atoms with E-state index < -0.39 is 0 Å². The fourth-order valence-electron chi connectivity index (χ4n) is 4.44. The Kier molecular flexibility index (Phi) is 5.39. The minimum atomic E-state index is 0.0785. The van der Waals surface area contributed by atoms with E-state index in [4.69, 9.17) is 18.9 Å². The largest absolute Gasteiger partial charge is 0.504 e. The Morgan fingerprint density at radius 2 is 1.58 bits per heavy atom. The molecule has 0 fully saturated rings. The van der Waals surface area contributed by atoms with Crippen LogP contribution >= 0.6 is 0 Å². The van der Waals surface area contributed by atoms with Crippen LogP contribution in [0.4, 0.5) is 0 Å². The molecule has 3 aromatic rings. The van der Waals surface area contributed by atoms with Crippen molar-refractivity contribution < 1.29 is 24.1 Å². The molecule has 0 aliphatic carbocycles. The predicted octanol–water partition coefficient (Wildman–Crippen LogP) is 4.88. The van der Waals surface area contributed by atoms with Crippen LogP contribution < -0.4 is 14.2 Å². The fraction of sp³-hybridized carbons (Fsp3) is 0.320. The summed E-state index contributed by atoms with van der Waals surface area (Å²) in [6, 6.07) is 9.80. The molecule has 6 heteroatoms. The van der Waals surface area contributed by atoms with Crippen LogP contribution in [0.25, 0.3) is 21.9 Å². The molecule has 3 aromatic carbocycles. The van der Waals surface area contributed by atoms with Gasteiger partial charge in [-0.3, -0.25) is 0 Å². The number of nitrogens with zero attached hydrogens (tertiary/aromatic N) is 1. The molecule has 1 atom stereocenters. The van der Waals surface area contributed by atoms with Crippen LogP contribution in [-0.4, -0.2) is 45.5 Å². The van der Waals surface area contributed by atoms with E-state index in [1.165, 1.54) is 0 Å². The molecular formula is C25H27NO5. The maximum atomic E-state index is 11.1. The van der Waals surface area contributed by atoms with Crippen molar-refractivity contribution >= 4 is 16.7 Å². The van der Waals surface area contributed by atoms with E-state index >= 15 is 0 Å². The van der Waals surface area contributed by atoms with Gasteiger partial charge in [0.1, 0.15) is 11.5 Å². The van der Waals surface area contributed by atoms with Crippen molar-refractivity contribution in [3.8, 4) is 34.1 Å². The minimum Gasteiger partial charge on any atom is -0.504 e. The number of methoxy groups -OCH3 is 4. The van der Waals surface area contributed by atoms with Gasteiger partial charge in [-0.15, -0.1) is 0 Å². The van der Waals surface area contributed by atoms with E-state index in [2.05, 4.69) is 4.99 Å². The zero-order valence-corrected chi connectivity index (χ0v) is 18.7. The van der Waals surface area contributed by atoms with Crippen LogP contribution in [0, 0.1) is 6.92 Å². The molecule has 0 spiro atoms. The van der Waals surface area contributed by atoms with Gasteiger partial charge in [-0.05, 0) is 48.9 Å². The summed E-state index contributed by atoms with van der Waals surface area (Å²) < 4.78 is 22.8. The molecule has 162 valence electrons. The maximum absolute atomic E-state index is 11.1. The monoisotopic (exact) mass is 421 g/mol. The van der Waals surface area contributed by atoms with Crippen LogP contribution in [0.15, 0.2) is 35.3 Å². The Labute approximate surface area is 182 Å². The average Bonchev–Trinajstić information content (AvgIpc) is 2.77. The molecule has 1 aliphatic heterocycles. The number of rotatable bonds is 4. The molecule has 0 unspecified atom stereocenters. The zero-order valence-electron chi connectivity index (χ0n) is 18.7. The van der Waals surface area contributed by atoms with Gasteiger partial charge in [0.05, 0.1) is 45.6 Å². The highest BCUT2D eigenvalue weighted by Gasteiger charge is 2.30. The molecule has 0 saturated heterocycles. The highest BCUT2D eigenvalue weighted by atomic mass is 16.5. The second-order valence-corrected chi connectivity index (χ2v) is 7.68. The lowest BCUT2D eigenvalue weighted by atomic mass is 9.87. The Balaban J connectivity index is 2.17. The molecule has 31 heavy (non-hydrogen) atoms. The first-order valence-electron chi connectivity index (χ1n) is 10.1. The molecule has 4 rings (SSSR count). The average molecular weight is 421 g/mol. The van der Waals surface area contributed by atoms with Crippen molar-refractivity contribution in [3.05, 3.63) is 47.0 Å². The van der Waals surface area contributed by atoms with Crippen molar-refractivity contribution in [2.45, 2.75) is 26.3 Å². The van der Waals surface area contributed by atoms with Gasteiger partial charge in [0.25, 0.3) is 0 Å². The summed E-state index contributed by atoms with van der Waals surface area (Å²) >= 11 is 0. The molecule has 0 radical (unpaired) electrons. The third kappa shape index (κ3) is 3.23. The highest BCUT2D eigenvalue weighted by molar-refractivity contribution is 6.09. The Hall–Kier alpha value is -3.41. The van der Waals surface area contributed by atoms with Crippen molar-refractivity contribution in [1.82, 2.24) is 0 Å². The summed E-state index contributed by atoms with van der Waals surface area (Å²) in [5.41, 5.74) is 4.40. The first-order valence-corrected chi connectivity index (χ1v) is 10.1. The van der Waals surface area contributed by atoms with Crippen LogP contribution in [0.1, 0.15) is 23.6 Å². The molecule has 1 aliphatic rings. The number of ether oxygens (including phenoxy) is 4. The molecule has 0 amide bonds. The molecule has 0 aromatic heterocycles. The quantitative estimate of drug-likeness (QED) is 0.650. The number of hydrogen-bond acceptors (Lipinski definition) is 6. The number of fused-ring (bicyclic) bond motifs is 2. The molecule has 6 nitrogen and oxygen atoms in total. The van der Waals surface area contributed by atoms with Gasteiger partial charge < -0.3 is 24.1 Å². The second-order valence-electron chi connectivity index (χ2n) is 7.68. The van der Waals surface area contributed by atoms with E-state index in [-0.39, 0.29) is 11.8 Å². The number of benzene rings is 3. The smallest absolute Gasteiger partial charge is 0.220 e. The maximum Gasteiger partial charge on any atom is 0.220 e. The lowest BCUT2D eigenvalue weighted by molar-refractivity contribution is 0.376. The number of phenols is 1. The summed E-state index contributed by atoms with van der Waals surface area (Å²) in [6.45, 7) is 4.05. The van der Waals surface area contributed by atoms with Crippen molar-refractivity contribution in [3.63, 3.8) is 0 Å². The van der Waals surface area contributed by atoms with Crippen LogP contribution in [0.3, 0.4) is 0 Å². The summed E-state index contributed by atoms with van der Waals surface area (Å²) in [6.07, 6.45) is 0.753. The Bertz CT molecular complexity index is 1200. The third-order valence-electron chi connectivity index (χ3n) is 5.81. The Morgan fingerprint density at radius 3 is 2.23 bits per heavy atom. The van der Waals surface area contributed by atoms with E-state index in [9.17, 15) is 5.11 Å². The number of hydrogen-bond donors (Lipinski definition) is 1. The highest BCUT2D eigenvalue weighted by Crippen LogP contribution is 2.50. The van der Waals surface area contributed by atoms with Crippen molar-refractivity contribution in [2.24, 2.45) is 4.99 Å². The number of aromatic hydroxyl groups is 1. The van der Waals surface area contributed by atoms with E-state index in [0.29, 0.717) is 28.5 Å². The van der Waals surface area contributed by atoms with E-state index in [1.54, 1.807) is 34.5 Å². The number of phenolic OH excluding ortho intramolecular Hbond substituents is 1. The predicted molar refractivity (Wildman–Crippen MR) is 122 cm³/mol. The number of aliphatic imine (C=N–C) groups is 1. The molecule has 1 heterocycles. The summed E-state index contributed by atoms with van der Waals surface area (Å²) in [5, 5.41) is 12.6. The van der Waals surface area contributed by atoms with Gasteiger partial charge in [0.15, 0.2) is 11.5 Å². The second kappa shape index (κ2) is 8.02. The standard InChI is InChI=1S/C25H27NO5/c1-13-7-8-15-9-10-17(28-3)23(27)20(15)19(13)22-18(29-4)12-16-11-14(2)26-25(31-6)21(16)24(22)30-5/h7-10,12,14,27H,11H2,1-6H3/t14-/m0/s1. The zero-order chi connectivity index (χ0) is 22.3. The van der Waals surface area contributed by atoms with Gasteiger partial charge in [-0.25, -0.2) is 4.99 Å². The normalized spacial score (nSPS) is 15.3. The van der Waals surface area contributed by atoms with Crippen LogP contribution in [0.2, 0.25) is 0 Å². The van der Waals surface area contributed by atoms with Gasteiger partial charge in [0.2, 0.25) is 5.90 Å². The lowest BCUT2D eigenvalue weighted by Gasteiger charge is -2.26. The summed E-state index contributed by atoms with van der Waals surface area (Å²) in [7, 11) is 6.43. The van der Waals surface area contributed by atoms with Gasteiger partial charge in [0, 0.05) is 10.9 Å². The third-order valence-corrected chi connectivity index (χ3v) is 5.81. The van der Waals surface area contributed by atoms with E-state index in [1.807, 2.05) is 38.1 Å². The van der Waals surface area contributed by atoms with Crippen LogP contribution in [0.5, 0.6) is 23.0 Å². The molecule has 0 saturated carbocycles. The van der Waals surface area contributed by atoms with Crippen LogP contribution in [-0.2, 0) is 11.2 Å². The minimum absolute atomic E-state index is 0.0785. The van der Waals surface area contributed by atoms with Gasteiger partial charge in [-0.2, -0.15) is 0 Å². The summed E-state index contributed by atoms with van der Waals surface area (Å²) in [5.74, 6) is 2.30. The lowest BCUT2D eigenvalue weighted by Crippen LogP contribution is -2.21. The van der Waals surface area contributed by atoms with E-state index in [0.717, 1.165) is 39.6 Å².